The molecule has 1 rings (SSSR count). The number of benzene rings is 1. The van der Waals surface area contributed by atoms with Crippen LogP contribution in [0.5, 0.6) is 5.75 Å². The summed E-state index contributed by atoms with van der Waals surface area (Å²) in [4.78, 5) is 0. The van der Waals surface area contributed by atoms with Crippen molar-refractivity contribution in [3.8, 4) is 5.75 Å². The summed E-state index contributed by atoms with van der Waals surface area (Å²) in [5.74, 6) is 1.70. The zero-order chi connectivity index (χ0) is 14.1. The van der Waals surface area contributed by atoms with E-state index in [-0.39, 0.29) is 0 Å². The summed E-state index contributed by atoms with van der Waals surface area (Å²) in [6, 6.07) is 6.32. The van der Waals surface area contributed by atoms with Crippen molar-refractivity contribution in [2.75, 3.05) is 20.2 Å². The molecule has 106 valence electrons. The molecule has 0 bridgehead atoms. The molecule has 0 fully saturated rings. The van der Waals surface area contributed by atoms with Gasteiger partial charge < -0.3 is 10.1 Å². The first-order valence-corrected chi connectivity index (χ1v) is 7.12. The largest absolute Gasteiger partial charge is 0.496 e. The molecular formula is C17H27NO. The van der Waals surface area contributed by atoms with Crippen LogP contribution in [0.4, 0.5) is 0 Å². The predicted octanol–water partition coefficient (Wildman–Crippen LogP) is 3.74. The van der Waals surface area contributed by atoms with Gasteiger partial charge in [-0.2, -0.15) is 0 Å². The first-order valence-electron chi connectivity index (χ1n) is 7.12. The van der Waals surface area contributed by atoms with Gasteiger partial charge in [0.05, 0.1) is 7.11 Å². The molecule has 2 nitrogen and oxygen atoms in total. The van der Waals surface area contributed by atoms with E-state index in [1.807, 2.05) is 6.07 Å². The van der Waals surface area contributed by atoms with E-state index < -0.39 is 0 Å². The lowest BCUT2D eigenvalue weighted by atomic mass is 10.1. The molecule has 1 N–H and O–H groups in total. The topological polar surface area (TPSA) is 21.3 Å². The van der Waals surface area contributed by atoms with Crippen LogP contribution in [0.25, 0.3) is 0 Å². The molecule has 0 aliphatic carbocycles. The van der Waals surface area contributed by atoms with Crippen molar-refractivity contribution in [2.24, 2.45) is 5.92 Å². The van der Waals surface area contributed by atoms with E-state index in [4.69, 9.17) is 4.74 Å². The second kappa shape index (κ2) is 8.76. The van der Waals surface area contributed by atoms with Crippen LogP contribution in [0.3, 0.4) is 0 Å². The minimum Gasteiger partial charge on any atom is -0.496 e. The summed E-state index contributed by atoms with van der Waals surface area (Å²) in [5, 5.41) is 3.44. The predicted molar refractivity (Wildman–Crippen MR) is 82.9 cm³/mol. The van der Waals surface area contributed by atoms with Crippen LogP contribution in [0, 0.1) is 12.8 Å². The highest BCUT2D eigenvalue weighted by atomic mass is 16.5. The summed E-state index contributed by atoms with van der Waals surface area (Å²) in [6.07, 6.45) is 6.50. The number of allylic oxidation sites excluding steroid dienone is 1. The Balaban J connectivity index is 2.33. The van der Waals surface area contributed by atoms with E-state index in [1.165, 1.54) is 11.1 Å². The van der Waals surface area contributed by atoms with Gasteiger partial charge in [-0.3, -0.25) is 0 Å². The number of aryl methyl sites for hydroxylation is 1. The van der Waals surface area contributed by atoms with Gasteiger partial charge in [-0.1, -0.05) is 43.7 Å². The van der Waals surface area contributed by atoms with Crippen molar-refractivity contribution in [3.05, 3.63) is 41.5 Å². The van der Waals surface area contributed by atoms with E-state index in [9.17, 15) is 0 Å². The van der Waals surface area contributed by atoms with Crippen molar-refractivity contribution >= 4 is 0 Å². The lowest BCUT2D eigenvalue weighted by molar-refractivity contribution is 0.410. The highest BCUT2D eigenvalue weighted by Crippen LogP contribution is 2.20. The van der Waals surface area contributed by atoms with Crippen LogP contribution in [-0.2, 0) is 6.42 Å². The van der Waals surface area contributed by atoms with Crippen LogP contribution in [0.2, 0.25) is 0 Å². The van der Waals surface area contributed by atoms with Gasteiger partial charge in [0.25, 0.3) is 0 Å². The van der Waals surface area contributed by atoms with Gasteiger partial charge in [0.1, 0.15) is 5.75 Å². The standard InChI is InChI=1S/C17H27NO/c1-14(2)13-18-11-7-5-6-8-16-12-15(3)9-10-17(16)19-4/h5-6,9-10,12,14,18H,7-8,11,13H2,1-4H3. The third kappa shape index (κ3) is 6.44. The fourth-order valence-electron chi connectivity index (χ4n) is 1.97. The normalized spacial score (nSPS) is 11.4. The zero-order valence-electron chi connectivity index (χ0n) is 12.7. The number of methoxy groups -OCH3 is 1. The maximum absolute atomic E-state index is 5.38. The maximum Gasteiger partial charge on any atom is 0.122 e. The molecule has 0 aromatic heterocycles. The Morgan fingerprint density at radius 1 is 1.26 bits per heavy atom. The van der Waals surface area contributed by atoms with Gasteiger partial charge in [0, 0.05) is 0 Å². The van der Waals surface area contributed by atoms with Gasteiger partial charge in [-0.25, -0.2) is 0 Å². The van der Waals surface area contributed by atoms with E-state index in [2.05, 4.69) is 50.4 Å². The lowest BCUT2D eigenvalue weighted by Crippen LogP contribution is -2.20. The Morgan fingerprint density at radius 2 is 2.05 bits per heavy atom. The van der Waals surface area contributed by atoms with Crippen LogP contribution in [-0.4, -0.2) is 20.2 Å². The molecule has 0 atom stereocenters. The summed E-state index contributed by atoms with van der Waals surface area (Å²) < 4.78 is 5.38. The van der Waals surface area contributed by atoms with E-state index in [0.717, 1.165) is 37.6 Å². The smallest absolute Gasteiger partial charge is 0.122 e. The minimum atomic E-state index is 0.723. The molecule has 0 saturated heterocycles. The highest BCUT2D eigenvalue weighted by Gasteiger charge is 2.00. The molecule has 0 radical (unpaired) electrons. The lowest BCUT2D eigenvalue weighted by Gasteiger charge is -2.07. The van der Waals surface area contributed by atoms with Crippen molar-refractivity contribution in [1.29, 1.82) is 0 Å². The summed E-state index contributed by atoms with van der Waals surface area (Å²) in [7, 11) is 1.73. The quantitative estimate of drug-likeness (QED) is 0.568. The van der Waals surface area contributed by atoms with Gasteiger partial charge in [0.15, 0.2) is 0 Å². The fraction of sp³-hybridized carbons (Fsp3) is 0.529. The Kier molecular flexibility index (Phi) is 7.27. The fourth-order valence-corrected chi connectivity index (χ4v) is 1.97. The van der Waals surface area contributed by atoms with Crippen LogP contribution in [0.15, 0.2) is 30.4 Å². The van der Waals surface area contributed by atoms with Gasteiger partial charge >= 0.3 is 0 Å². The summed E-state index contributed by atoms with van der Waals surface area (Å²) in [5.41, 5.74) is 2.54. The Labute approximate surface area is 117 Å². The minimum absolute atomic E-state index is 0.723. The second-order valence-corrected chi connectivity index (χ2v) is 5.38. The van der Waals surface area contributed by atoms with Gasteiger partial charge in [0.2, 0.25) is 0 Å². The summed E-state index contributed by atoms with van der Waals surface area (Å²) >= 11 is 0. The highest BCUT2D eigenvalue weighted by molar-refractivity contribution is 5.38. The van der Waals surface area contributed by atoms with Crippen LogP contribution >= 0.6 is 0 Å². The van der Waals surface area contributed by atoms with E-state index in [0.29, 0.717) is 0 Å². The molecular weight excluding hydrogens is 234 g/mol. The molecule has 0 aliphatic heterocycles. The first kappa shape index (κ1) is 15.8. The van der Waals surface area contributed by atoms with Crippen molar-refractivity contribution in [1.82, 2.24) is 5.32 Å². The van der Waals surface area contributed by atoms with Crippen molar-refractivity contribution in [3.63, 3.8) is 0 Å². The molecule has 19 heavy (non-hydrogen) atoms. The molecule has 1 aromatic carbocycles. The van der Waals surface area contributed by atoms with Crippen LogP contribution in [0.1, 0.15) is 31.4 Å². The van der Waals surface area contributed by atoms with E-state index in [1.54, 1.807) is 7.11 Å². The molecule has 0 unspecified atom stereocenters. The Bertz CT molecular complexity index is 396. The Morgan fingerprint density at radius 3 is 2.74 bits per heavy atom. The van der Waals surface area contributed by atoms with Crippen LogP contribution < -0.4 is 10.1 Å². The third-order valence-electron chi connectivity index (χ3n) is 2.98. The summed E-state index contributed by atoms with van der Waals surface area (Å²) in [6.45, 7) is 8.72. The number of hydrogen-bond donors (Lipinski definition) is 1. The molecule has 0 spiro atoms. The van der Waals surface area contributed by atoms with Gasteiger partial charge in [-0.05, 0) is 50.4 Å². The molecule has 1 aromatic rings. The average molecular weight is 261 g/mol. The average Bonchev–Trinajstić information content (AvgIpc) is 2.37. The molecule has 0 amide bonds. The Hall–Kier alpha value is -1.28. The monoisotopic (exact) mass is 261 g/mol. The third-order valence-corrected chi connectivity index (χ3v) is 2.98. The van der Waals surface area contributed by atoms with Gasteiger partial charge in [-0.15, -0.1) is 0 Å². The number of hydrogen-bond acceptors (Lipinski definition) is 2. The molecule has 2 heteroatoms. The van der Waals surface area contributed by atoms with E-state index >= 15 is 0 Å². The van der Waals surface area contributed by atoms with Crippen molar-refractivity contribution < 1.29 is 4.74 Å². The number of rotatable bonds is 8. The SMILES string of the molecule is COc1ccc(C)cc1CC=CCCNCC(C)C. The zero-order valence-corrected chi connectivity index (χ0v) is 12.7. The first-order chi connectivity index (χ1) is 9.13. The second-order valence-electron chi connectivity index (χ2n) is 5.38. The maximum atomic E-state index is 5.38. The molecule has 0 aliphatic rings. The van der Waals surface area contributed by atoms with Crippen molar-refractivity contribution in [2.45, 2.75) is 33.6 Å². The number of ether oxygens (including phenoxy) is 1. The molecule has 0 heterocycles. The molecule has 0 saturated carbocycles. The number of nitrogens with one attached hydrogen (secondary N) is 1.